The molecule has 5 nitrogen and oxygen atoms in total. The highest BCUT2D eigenvalue weighted by Crippen LogP contribution is 2.23. The summed E-state index contributed by atoms with van der Waals surface area (Å²) in [6.07, 6.45) is 9.16. The molecule has 2 aromatic heterocycles. The first-order valence-corrected chi connectivity index (χ1v) is 9.02. The van der Waals surface area contributed by atoms with E-state index in [0.717, 1.165) is 39.2 Å². The van der Waals surface area contributed by atoms with Gasteiger partial charge >= 0.3 is 0 Å². The van der Waals surface area contributed by atoms with E-state index in [9.17, 15) is 0 Å². The zero-order chi connectivity index (χ0) is 19.2. The van der Waals surface area contributed by atoms with Gasteiger partial charge in [0.15, 0.2) is 0 Å². The zero-order valence-corrected chi connectivity index (χ0v) is 15.5. The number of rotatable bonds is 6. The van der Waals surface area contributed by atoms with Crippen molar-refractivity contribution in [1.82, 2.24) is 15.0 Å². The number of benzene rings is 2. The molecule has 2 heterocycles. The lowest BCUT2D eigenvalue weighted by molar-refractivity contribution is 0.410. The van der Waals surface area contributed by atoms with Crippen molar-refractivity contribution < 1.29 is 4.74 Å². The monoisotopic (exact) mass is 368 g/mol. The van der Waals surface area contributed by atoms with Gasteiger partial charge < -0.3 is 10.1 Å². The first kappa shape index (κ1) is 17.7. The largest absolute Gasteiger partial charge is 0.496 e. The van der Waals surface area contributed by atoms with Crippen LogP contribution in [0, 0.1) is 0 Å². The second-order valence-corrected chi connectivity index (χ2v) is 6.28. The lowest BCUT2D eigenvalue weighted by Gasteiger charge is -2.11. The number of nitrogens with zero attached hydrogens (tertiary/aromatic N) is 3. The van der Waals surface area contributed by atoms with Crippen molar-refractivity contribution in [3.8, 4) is 5.75 Å². The number of para-hydroxylation sites is 1. The first-order valence-electron chi connectivity index (χ1n) is 9.02. The molecule has 0 saturated carbocycles. The Hall–Kier alpha value is -3.73. The second-order valence-electron chi connectivity index (χ2n) is 6.28. The maximum atomic E-state index is 5.41. The van der Waals surface area contributed by atoms with E-state index in [4.69, 9.17) is 9.72 Å². The smallest absolute Gasteiger partial charge is 0.126 e. The van der Waals surface area contributed by atoms with Gasteiger partial charge in [0.05, 0.1) is 12.6 Å². The maximum absolute atomic E-state index is 5.41. The highest BCUT2D eigenvalue weighted by atomic mass is 16.5. The third-order valence-corrected chi connectivity index (χ3v) is 4.45. The van der Waals surface area contributed by atoms with Gasteiger partial charge in [0.1, 0.15) is 17.9 Å². The van der Waals surface area contributed by atoms with Crippen LogP contribution in [0.15, 0.2) is 73.3 Å². The summed E-state index contributed by atoms with van der Waals surface area (Å²) in [5, 5.41) is 4.48. The molecule has 0 saturated heterocycles. The van der Waals surface area contributed by atoms with Crippen LogP contribution in [-0.4, -0.2) is 22.1 Å². The number of pyridine rings is 1. The lowest BCUT2D eigenvalue weighted by atomic mass is 10.1. The fourth-order valence-corrected chi connectivity index (χ4v) is 3.04. The highest BCUT2D eigenvalue weighted by molar-refractivity contribution is 5.91. The Morgan fingerprint density at radius 2 is 1.79 bits per heavy atom. The molecule has 0 unspecified atom stereocenters. The van der Waals surface area contributed by atoms with Gasteiger partial charge in [-0.2, -0.15) is 0 Å². The van der Waals surface area contributed by atoms with Crippen LogP contribution >= 0.6 is 0 Å². The Morgan fingerprint density at radius 1 is 0.929 bits per heavy atom. The van der Waals surface area contributed by atoms with Gasteiger partial charge in [-0.05, 0) is 29.8 Å². The van der Waals surface area contributed by atoms with E-state index in [1.165, 1.54) is 6.33 Å². The summed E-state index contributed by atoms with van der Waals surface area (Å²) >= 11 is 0. The average Bonchev–Trinajstić information content (AvgIpc) is 2.77. The van der Waals surface area contributed by atoms with E-state index >= 15 is 0 Å². The first-order chi connectivity index (χ1) is 13.8. The van der Waals surface area contributed by atoms with Crippen molar-refractivity contribution in [2.24, 2.45) is 0 Å². The number of anilines is 1. The second kappa shape index (κ2) is 8.31. The average molecular weight is 368 g/mol. The van der Waals surface area contributed by atoms with Crippen LogP contribution in [-0.2, 0) is 6.54 Å². The van der Waals surface area contributed by atoms with Gasteiger partial charge in [0.2, 0.25) is 0 Å². The number of ether oxygens (including phenoxy) is 1. The number of nitrogens with one attached hydrogen (secondary N) is 1. The molecule has 0 atom stereocenters. The topological polar surface area (TPSA) is 59.9 Å². The van der Waals surface area contributed by atoms with Crippen LogP contribution in [0.25, 0.3) is 23.1 Å². The fourth-order valence-electron chi connectivity index (χ4n) is 3.04. The standard InChI is InChI=1S/C23H20N4O/c1-28-22-8-3-2-5-19(22)15-26-23-12-11-20-18(6-4-7-21(20)27-23)10-9-17-13-24-16-25-14-17/h2-14,16H,15H2,1H3,(H,26,27)/b10-9+. The molecule has 28 heavy (non-hydrogen) atoms. The summed E-state index contributed by atoms with van der Waals surface area (Å²) in [5.74, 6) is 1.70. The number of methoxy groups -OCH3 is 1. The van der Waals surface area contributed by atoms with Crippen LogP contribution < -0.4 is 10.1 Å². The molecule has 1 N–H and O–H groups in total. The molecule has 0 aliphatic carbocycles. The minimum atomic E-state index is 0.649. The van der Waals surface area contributed by atoms with Crippen molar-refractivity contribution in [2.45, 2.75) is 6.54 Å². The van der Waals surface area contributed by atoms with Gasteiger partial charge in [-0.1, -0.05) is 42.5 Å². The zero-order valence-electron chi connectivity index (χ0n) is 15.5. The molecule has 0 bridgehead atoms. The molecule has 0 aliphatic heterocycles. The fraction of sp³-hybridized carbons (Fsp3) is 0.0870. The third kappa shape index (κ3) is 3.99. The normalized spacial score (nSPS) is 11.0. The van der Waals surface area contributed by atoms with Crippen molar-refractivity contribution in [3.05, 3.63) is 90.0 Å². The van der Waals surface area contributed by atoms with E-state index in [-0.39, 0.29) is 0 Å². The molecule has 0 amide bonds. The van der Waals surface area contributed by atoms with Crippen LogP contribution in [0.5, 0.6) is 5.75 Å². The molecule has 4 aromatic rings. The quantitative estimate of drug-likeness (QED) is 0.529. The summed E-state index contributed by atoms with van der Waals surface area (Å²) < 4.78 is 5.41. The van der Waals surface area contributed by atoms with E-state index in [1.807, 2.05) is 48.5 Å². The van der Waals surface area contributed by atoms with Crippen LogP contribution in [0.3, 0.4) is 0 Å². The SMILES string of the molecule is COc1ccccc1CNc1ccc2c(/C=C/c3cncnc3)cccc2n1. The summed E-state index contributed by atoms with van der Waals surface area (Å²) in [6.45, 7) is 0.649. The molecule has 0 spiro atoms. The summed E-state index contributed by atoms with van der Waals surface area (Å²) in [7, 11) is 1.68. The van der Waals surface area contributed by atoms with Crippen LogP contribution in [0.1, 0.15) is 16.7 Å². The number of aromatic nitrogens is 3. The predicted molar refractivity (Wildman–Crippen MR) is 113 cm³/mol. The lowest BCUT2D eigenvalue weighted by Crippen LogP contribution is -2.03. The van der Waals surface area contributed by atoms with Gasteiger partial charge in [-0.15, -0.1) is 0 Å². The molecule has 2 aromatic carbocycles. The van der Waals surface area contributed by atoms with E-state index < -0.39 is 0 Å². The molecule has 4 rings (SSSR count). The molecule has 138 valence electrons. The van der Waals surface area contributed by atoms with Crippen molar-refractivity contribution in [3.63, 3.8) is 0 Å². The van der Waals surface area contributed by atoms with Gasteiger partial charge in [0.25, 0.3) is 0 Å². The van der Waals surface area contributed by atoms with Crippen molar-refractivity contribution in [1.29, 1.82) is 0 Å². The Morgan fingerprint density at radius 3 is 2.64 bits per heavy atom. The van der Waals surface area contributed by atoms with E-state index in [1.54, 1.807) is 19.5 Å². The molecular weight excluding hydrogens is 348 g/mol. The predicted octanol–water partition coefficient (Wildman–Crippen LogP) is 4.82. The highest BCUT2D eigenvalue weighted by Gasteiger charge is 2.04. The minimum Gasteiger partial charge on any atom is -0.496 e. The Kier molecular flexibility index (Phi) is 5.24. The number of hydrogen-bond donors (Lipinski definition) is 1. The number of hydrogen-bond acceptors (Lipinski definition) is 5. The molecule has 0 aliphatic rings. The minimum absolute atomic E-state index is 0.649. The van der Waals surface area contributed by atoms with Crippen LogP contribution in [0.2, 0.25) is 0 Å². The van der Waals surface area contributed by atoms with Crippen molar-refractivity contribution >= 4 is 28.9 Å². The third-order valence-electron chi connectivity index (χ3n) is 4.45. The van der Waals surface area contributed by atoms with Crippen LogP contribution in [0.4, 0.5) is 5.82 Å². The summed E-state index contributed by atoms with van der Waals surface area (Å²) in [6, 6.07) is 18.2. The molecule has 0 radical (unpaired) electrons. The summed E-state index contributed by atoms with van der Waals surface area (Å²) in [4.78, 5) is 12.8. The molecule has 0 fully saturated rings. The van der Waals surface area contributed by atoms with Gasteiger partial charge in [-0.3, -0.25) is 0 Å². The van der Waals surface area contributed by atoms with E-state index in [2.05, 4.69) is 33.5 Å². The van der Waals surface area contributed by atoms with E-state index in [0.29, 0.717) is 6.54 Å². The molecule has 5 heteroatoms. The Labute approximate surface area is 163 Å². The maximum Gasteiger partial charge on any atom is 0.126 e. The molecular formula is C23H20N4O. The summed E-state index contributed by atoms with van der Waals surface area (Å²) in [5.41, 5.74) is 4.10. The number of fused-ring (bicyclic) bond motifs is 1. The Bertz CT molecular complexity index is 1110. The Balaban J connectivity index is 1.56. The van der Waals surface area contributed by atoms with Gasteiger partial charge in [-0.25, -0.2) is 15.0 Å². The van der Waals surface area contributed by atoms with Gasteiger partial charge in [0, 0.05) is 35.5 Å². The van der Waals surface area contributed by atoms with Crippen molar-refractivity contribution in [2.75, 3.05) is 12.4 Å².